The van der Waals surface area contributed by atoms with Gasteiger partial charge in [-0.05, 0) is 67.7 Å². The van der Waals surface area contributed by atoms with Crippen LogP contribution in [0.1, 0.15) is 0 Å². The van der Waals surface area contributed by atoms with Crippen LogP contribution < -0.4 is 0 Å². The number of aromatic nitrogens is 4. The highest BCUT2D eigenvalue weighted by atomic mass is 16.3. The van der Waals surface area contributed by atoms with Crippen molar-refractivity contribution in [2.24, 2.45) is 0 Å². The fourth-order valence-electron chi connectivity index (χ4n) is 8.65. The van der Waals surface area contributed by atoms with Gasteiger partial charge in [-0.15, -0.1) is 0 Å². The van der Waals surface area contributed by atoms with E-state index in [1.54, 1.807) is 0 Å². The molecule has 0 saturated heterocycles. The summed E-state index contributed by atoms with van der Waals surface area (Å²) in [6, 6.07) is 67.5. The lowest BCUT2D eigenvalue weighted by molar-refractivity contribution is 0.672. The molecule has 0 unspecified atom stereocenters. The topological polar surface area (TPSA) is 64.7 Å². The van der Waals surface area contributed by atoms with Crippen molar-refractivity contribution in [3.05, 3.63) is 194 Å². The monoisotopic (exact) mass is 752 g/mol. The Hall–Kier alpha value is -8.02. The second kappa shape index (κ2) is 13.3. The molecule has 0 spiro atoms. The lowest BCUT2D eigenvalue weighted by Gasteiger charge is -2.13. The molecule has 0 radical (unpaired) electrons. The van der Waals surface area contributed by atoms with Crippen LogP contribution in [0.3, 0.4) is 0 Å². The lowest BCUT2D eigenvalue weighted by atomic mass is 9.92. The summed E-state index contributed by atoms with van der Waals surface area (Å²) in [6.07, 6.45) is 0. The Kier molecular flexibility index (Phi) is 7.47. The van der Waals surface area contributed by atoms with Crippen LogP contribution in [0.25, 0.3) is 122 Å². The van der Waals surface area contributed by atoms with Gasteiger partial charge in [0, 0.05) is 33.0 Å². The number of nitrogens with zero attached hydrogens (tertiary/aromatic N) is 4. The van der Waals surface area contributed by atoms with Crippen LogP contribution in [0.2, 0.25) is 0 Å². The Labute approximate surface area is 338 Å². The average molecular weight is 753 g/mol. The molecule has 3 heterocycles. The van der Waals surface area contributed by atoms with Crippen molar-refractivity contribution in [3.63, 3.8) is 0 Å². The number of furan rings is 1. The molecule has 5 heteroatoms. The van der Waals surface area contributed by atoms with Crippen LogP contribution in [0.15, 0.2) is 199 Å². The lowest BCUT2D eigenvalue weighted by Crippen LogP contribution is -2.00. The van der Waals surface area contributed by atoms with Crippen LogP contribution >= 0.6 is 0 Å². The second-order valence-electron chi connectivity index (χ2n) is 15.0. The molecule has 3 aromatic heterocycles. The highest BCUT2D eigenvalue weighted by Crippen LogP contribution is 2.43. The van der Waals surface area contributed by atoms with Crippen molar-refractivity contribution < 1.29 is 4.42 Å². The van der Waals surface area contributed by atoms with E-state index in [2.05, 4.69) is 121 Å². The Balaban J connectivity index is 0.989. The van der Waals surface area contributed by atoms with Gasteiger partial charge in [0.1, 0.15) is 11.2 Å². The molecule has 274 valence electrons. The summed E-state index contributed by atoms with van der Waals surface area (Å²) in [7, 11) is 0. The summed E-state index contributed by atoms with van der Waals surface area (Å²) >= 11 is 0. The van der Waals surface area contributed by atoms with Crippen LogP contribution in [-0.4, -0.2) is 19.9 Å². The normalized spacial score (nSPS) is 11.7. The minimum Gasteiger partial charge on any atom is -0.455 e. The van der Waals surface area contributed by atoms with Gasteiger partial charge in [0.2, 0.25) is 0 Å². The van der Waals surface area contributed by atoms with Crippen LogP contribution in [-0.2, 0) is 0 Å². The first-order valence-electron chi connectivity index (χ1n) is 19.8. The zero-order valence-electron chi connectivity index (χ0n) is 31.7. The summed E-state index contributed by atoms with van der Waals surface area (Å²) in [5.41, 5.74) is 9.45. The van der Waals surface area contributed by atoms with Crippen LogP contribution in [0.5, 0.6) is 0 Å². The smallest absolute Gasteiger partial charge is 0.164 e. The van der Waals surface area contributed by atoms with E-state index in [-0.39, 0.29) is 0 Å². The molecule has 0 amide bonds. The average Bonchev–Trinajstić information content (AvgIpc) is 3.72. The number of para-hydroxylation sites is 1. The first-order valence-corrected chi connectivity index (χ1v) is 19.8. The number of benzene rings is 9. The maximum atomic E-state index is 6.74. The molecule has 0 atom stereocenters. The molecule has 9 aromatic carbocycles. The zero-order chi connectivity index (χ0) is 38.9. The minimum absolute atomic E-state index is 0.623. The van der Waals surface area contributed by atoms with Crippen molar-refractivity contribution in [1.29, 1.82) is 0 Å². The minimum atomic E-state index is 0.623. The Morgan fingerprint density at radius 2 is 0.729 bits per heavy atom. The zero-order valence-corrected chi connectivity index (χ0v) is 31.7. The highest BCUT2D eigenvalue weighted by molar-refractivity contribution is 6.26. The first-order chi connectivity index (χ1) is 29.2. The molecule has 0 bridgehead atoms. The Bertz CT molecular complexity index is 3500. The third-order valence-corrected chi connectivity index (χ3v) is 11.5. The molecule has 12 rings (SSSR count). The summed E-state index contributed by atoms with van der Waals surface area (Å²) in [5.74, 6) is 1.90. The molecule has 0 N–H and O–H groups in total. The summed E-state index contributed by atoms with van der Waals surface area (Å²) in [6.45, 7) is 0. The number of fused-ring (bicyclic) bond motifs is 11. The fraction of sp³-hybridized carbons (Fsp3) is 0. The van der Waals surface area contributed by atoms with E-state index in [1.807, 2.05) is 72.8 Å². The van der Waals surface area contributed by atoms with Gasteiger partial charge >= 0.3 is 0 Å². The molecule has 0 fully saturated rings. The van der Waals surface area contributed by atoms with Gasteiger partial charge in [0.15, 0.2) is 17.5 Å². The van der Waals surface area contributed by atoms with Gasteiger partial charge in [-0.3, -0.25) is 0 Å². The van der Waals surface area contributed by atoms with Crippen molar-refractivity contribution in [3.8, 4) is 56.5 Å². The van der Waals surface area contributed by atoms with E-state index >= 15 is 0 Å². The van der Waals surface area contributed by atoms with E-state index in [0.29, 0.717) is 17.5 Å². The summed E-state index contributed by atoms with van der Waals surface area (Å²) < 4.78 is 6.74. The van der Waals surface area contributed by atoms with E-state index in [0.717, 1.165) is 71.9 Å². The quantitative estimate of drug-likeness (QED) is 0.164. The van der Waals surface area contributed by atoms with Gasteiger partial charge in [0.25, 0.3) is 0 Å². The second-order valence-corrected chi connectivity index (χ2v) is 15.0. The molecule has 12 aromatic rings. The first kappa shape index (κ1) is 33.2. The maximum absolute atomic E-state index is 6.74. The van der Waals surface area contributed by atoms with Crippen molar-refractivity contribution in [2.45, 2.75) is 0 Å². The van der Waals surface area contributed by atoms with Crippen LogP contribution in [0, 0.1) is 0 Å². The molecule has 5 nitrogen and oxygen atoms in total. The predicted octanol–water partition coefficient (Wildman–Crippen LogP) is 14.1. The fourth-order valence-corrected chi connectivity index (χ4v) is 8.65. The number of pyridine rings is 1. The standard InChI is InChI=1S/C54H32N4O/c1-3-13-34(14-4-1)52-56-53(35-15-5-2-6-16-35)58-54(57-52)36-25-23-33(24-26-36)37-28-30-47-46(31-37)51-49(44-21-11-12-22-48(44)59-51)50(55-47)38-27-29-43-41-19-8-7-17-39(41)40-18-9-10-20-42(40)45(43)32-38/h1-32H. The predicted molar refractivity (Wildman–Crippen MR) is 242 cm³/mol. The maximum Gasteiger partial charge on any atom is 0.164 e. The molecule has 0 aliphatic carbocycles. The van der Waals surface area contributed by atoms with E-state index in [1.165, 1.54) is 32.3 Å². The molecular formula is C54H32N4O. The number of hydrogen-bond acceptors (Lipinski definition) is 5. The SMILES string of the molecule is c1ccc(-c2nc(-c3ccccc3)nc(-c3ccc(-c4ccc5nc(-c6ccc7c8ccccc8c8ccccc8c7c6)c6c7ccccc7oc6c5c4)cc3)n2)cc1. The van der Waals surface area contributed by atoms with E-state index in [9.17, 15) is 0 Å². The largest absolute Gasteiger partial charge is 0.455 e. The molecule has 59 heavy (non-hydrogen) atoms. The molecule has 0 saturated carbocycles. The molecule has 0 aliphatic rings. The van der Waals surface area contributed by atoms with Crippen molar-refractivity contribution in [2.75, 3.05) is 0 Å². The number of hydrogen-bond donors (Lipinski definition) is 0. The third-order valence-electron chi connectivity index (χ3n) is 11.5. The Morgan fingerprint density at radius 1 is 0.288 bits per heavy atom. The summed E-state index contributed by atoms with van der Waals surface area (Å²) in [5, 5.41) is 10.5. The van der Waals surface area contributed by atoms with Gasteiger partial charge < -0.3 is 4.42 Å². The third kappa shape index (κ3) is 5.47. The van der Waals surface area contributed by atoms with Gasteiger partial charge in [-0.1, -0.05) is 170 Å². The van der Waals surface area contributed by atoms with Gasteiger partial charge in [0.05, 0.1) is 16.6 Å². The molecular weight excluding hydrogens is 721 g/mol. The van der Waals surface area contributed by atoms with Gasteiger partial charge in [-0.25, -0.2) is 19.9 Å². The molecule has 0 aliphatic heterocycles. The van der Waals surface area contributed by atoms with Crippen LogP contribution in [0.4, 0.5) is 0 Å². The number of rotatable bonds is 5. The summed E-state index contributed by atoms with van der Waals surface area (Å²) in [4.78, 5) is 20.1. The van der Waals surface area contributed by atoms with Crippen molar-refractivity contribution >= 4 is 65.2 Å². The van der Waals surface area contributed by atoms with E-state index < -0.39 is 0 Å². The Morgan fingerprint density at radius 3 is 1.34 bits per heavy atom. The van der Waals surface area contributed by atoms with Gasteiger partial charge in [-0.2, -0.15) is 0 Å². The van der Waals surface area contributed by atoms with E-state index in [4.69, 9.17) is 24.4 Å². The highest BCUT2D eigenvalue weighted by Gasteiger charge is 2.20. The van der Waals surface area contributed by atoms with Crippen molar-refractivity contribution in [1.82, 2.24) is 19.9 Å².